The number of amides is 3. The van der Waals surface area contributed by atoms with Crippen LogP contribution in [0.15, 0.2) is 52.3 Å². The van der Waals surface area contributed by atoms with E-state index in [1.807, 2.05) is 0 Å². The molecule has 2 aromatic carbocycles. The van der Waals surface area contributed by atoms with Gasteiger partial charge in [0, 0.05) is 46.6 Å². The predicted octanol–water partition coefficient (Wildman–Crippen LogP) is 3.03. The van der Waals surface area contributed by atoms with Crippen LogP contribution in [0.5, 0.6) is 5.75 Å². The number of non-ortho nitro benzene ring substituents is 1. The van der Waals surface area contributed by atoms with Crippen LogP contribution in [-0.4, -0.2) is 70.7 Å². The average Bonchev–Trinajstić information content (AvgIpc) is 3.46. The topological polar surface area (TPSA) is 152 Å². The number of rotatable bonds is 6. The highest BCUT2D eigenvalue weighted by atomic mass is 35.5. The number of ether oxygens (including phenoxy) is 2. The first-order valence-electron chi connectivity index (χ1n) is 12.5. The number of hydrogen-bond donors (Lipinski definition) is 1. The highest BCUT2D eigenvalue weighted by Gasteiger charge is 2.57. The van der Waals surface area contributed by atoms with Crippen LogP contribution in [0.2, 0.25) is 5.02 Å². The number of imide groups is 1. The number of halogens is 1. The van der Waals surface area contributed by atoms with Gasteiger partial charge in [0.05, 0.1) is 34.8 Å². The summed E-state index contributed by atoms with van der Waals surface area (Å²) in [4.78, 5) is 69.0. The van der Waals surface area contributed by atoms with Crippen LogP contribution in [0.3, 0.4) is 0 Å². The maximum absolute atomic E-state index is 14.0. The number of benzene rings is 2. The highest BCUT2D eigenvalue weighted by molar-refractivity contribution is 8.00. The summed E-state index contributed by atoms with van der Waals surface area (Å²) >= 11 is 8.43. The Kier molecular flexibility index (Phi) is 7.32. The fourth-order valence-electron chi connectivity index (χ4n) is 5.27. The molecule has 41 heavy (non-hydrogen) atoms. The Hall–Kier alpha value is -3.72. The SMILES string of the molecule is O=C(COc1ccc(Cl)cc1[C@@H]1c2sc(=O)[nH]c2S[C@H]2C(=O)N(c3ccc([N+](=O)[O-])cc3)C(=O)[C@@H]12)N1CCOCC1. The van der Waals surface area contributed by atoms with E-state index in [1.54, 1.807) is 23.1 Å². The number of carbonyl (C=O) groups is 3. The number of aromatic nitrogens is 1. The Balaban J connectivity index is 1.38. The average molecular weight is 617 g/mol. The van der Waals surface area contributed by atoms with Crippen LogP contribution in [0, 0.1) is 16.0 Å². The number of fused-ring (bicyclic) bond motifs is 2. The van der Waals surface area contributed by atoms with Crippen molar-refractivity contribution >= 4 is 63.8 Å². The lowest BCUT2D eigenvalue weighted by molar-refractivity contribution is -0.384. The number of aromatic amines is 1. The number of morpholine rings is 1. The molecule has 15 heteroatoms. The Morgan fingerprint density at radius 1 is 1.12 bits per heavy atom. The second kappa shape index (κ2) is 10.9. The summed E-state index contributed by atoms with van der Waals surface area (Å²) in [5.41, 5.74) is 0.491. The number of nitro benzene ring substituents is 1. The third kappa shape index (κ3) is 5.01. The van der Waals surface area contributed by atoms with Crippen molar-refractivity contribution in [3.63, 3.8) is 0 Å². The molecule has 3 aliphatic heterocycles. The van der Waals surface area contributed by atoms with Crippen molar-refractivity contribution in [3.8, 4) is 5.75 Å². The van der Waals surface area contributed by atoms with Crippen molar-refractivity contribution in [2.75, 3.05) is 37.8 Å². The second-order valence-electron chi connectivity index (χ2n) is 9.50. The fourth-order valence-corrected chi connectivity index (χ4v) is 7.95. The zero-order chi connectivity index (χ0) is 28.8. The number of thioether (sulfide) groups is 1. The van der Waals surface area contributed by atoms with Gasteiger partial charge in [0.1, 0.15) is 11.0 Å². The molecular weight excluding hydrogens is 596 g/mol. The Bertz CT molecular complexity index is 1620. The van der Waals surface area contributed by atoms with E-state index in [2.05, 4.69) is 4.98 Å². The van der Waals surface area contributed by atoms with Crippen LogP contribution >= 0.6 is 34.7 Å². The molecule has 0 radical (unpaired) electrons. The van der Waals surface area contributed by atoms with E-state index in [1.165, 1.54) is 24.3 Å². The first-order valence-corrected chi connectivity index (χ1v) is 14.6. The summed E-state index contributed by atoms with van der Waals surface area (Å²) in [5, 5.41) is 11.0. The maximum Gasteiger partial charge on any atom is 0.305 e. The largest absolute Gasteiger partial charge is 0.483 e. The van der Waals surface area contributed by atoms with Gasteiger partial charge in [0.15, 0.2) is 6.61 Å². The van der Waals surface area contributed by atoms with Gasteiger partial charge in [0.2, 0.25) is 11.8 Å². The van der Waals surface area contributed by atoms with E-state index in [-0.39, 0.29) is 28.8 Å². The molecule has 0 saturated carbocycles. The van der Waals surface area contributed by atoms with E-state index in [0.717, 1.165) is 28.0 Å². The lowest BCUT2D eigenvalue weighted by Gasteiger charge is -2.31. The first-order chi connectivity index (χ1) is 19.7. The van der Waals surface area contributed by atoms with Gasteiger partial charge < -0.3 is 19.4 Å². The molecule has 0 spiro atoms. The summed E-state index contributed by atoms with van der Waals surface area (Å²) in [6, 6.07) is 9.98. The van der Waals surface area contributed by atoms with Crippen molar-refractivity contribution in [1.29, 1.82) is 0 Å². The molecule has 0 bridgehead atoms. The first kappa shape index (κ1) is 27.4. The molecule has 4 heterocycles. The minimum Gasteiger partial charge on any atom is -0.483 e. The summed E-state index contributed by atoms with van der Waals surface area (Å²) in [5.74, 6) is -2.67. The molecule has 3 atom stereocenters. The minimum absolute atomic E-state index is 0.176. The van der Waals surface area contributed by atoms with Crippen molar-refractivity contribution in [2.45, 2.75) is 16.2 Å². The highest BCUT2D eigenvalue weighted by Crippen LogP contribution is 2.54. The van der Waals surface area contributed by atoms with Crippen LogP contribution in [0.4, 0.5) is 11.4 Å². The van der Waals surface area contributed by atoms with Crippen molar-refractivity contribution in [2.24, 2.45) is 5.92 Å². The maximum atomic E-state index is 14.0. The van der Waals surface area contributed by atoms with Gasteiger partial charge in [-0.25, -0.2) is 4.90 Å². The van der Waals surface area contributed by atoms with E-state index in [4.69, 9.17) is 21.1 Å². The Morgan fingerprint density at radius 2 is 1.85 bits per heavy atom. The third-order valence-electron chi connectivity index (χ3n) is 7.16. The molecule has 6 rings (SSSR count). The van der Waals surface area contributed by atoms with Gasteiger partial charge in [-0.2, -0.15) is 0 Å². The lowest BCUT2D eigenvalue weighted by atomic mass is 9.82. The number of H-pyrrole nitrogens is 1. The number of hydrogen-bond acceptors (Lipinski definition) is 10. The standard InChI is InChI=1S/C26H21ClN4O8S2/c27-13-1-6-17(39-12-18(32)29-7-9-38-10-8-29)16(11-13)19-20-22(40-23-21(19)41-26(35)28-23)25(34)30(24(20)33)14-2-4-15(5-3-14)31(36)37/h1-6,11,19-20,22H,7-10,12H2,(H,28,35)/t19-,20-,22+/m0/s1. The van der Waals surface area contributed by atoms with Crippen LogP contribution < -0.4 is 14.5 Å². The number of nitro groups is 1. The molecule has 0 aliphatic carbocycles. The van der Waals surface area contributed by atoms with E-state index in [9.17, 15) is 29.3 Å². The molecular formula is C26H21ClN4O8S2. The molecule has 3 amide bonds. The molecule has 2 saturated heterocycles. The predicted molar refractivity (Wildman–Crippen MR) is 150 cm³/mol. The molecule has 3 aliphatic rings. The quantitative estimate of drug-likeness (QED) is 0.250. The summed E-state index contributed by atoms with van der Waals surface area (Å²) < 4.78 is 11.3. The molecule has 0 unspecified atom stereocenters. The molecule has 1 aromatic heterocycles. The normalized spacial score (nSPS) is 21.9. The summed E-state index contributed by atoms with van der Waals surface area (Å²) in [7, 11) is 0. The van der Waals surface area contributed by atoms with Crippen LogP contribution in [0.1, 0.15) is 16.4 Å². The molecule has 2 fully saturated rings. The van der Waals surface area contributed by atoms with Crippen molar-refractivity contribution in [3.05, 3.63) is 77.7 Å². The third-order valence-corrected chi connectivity index (χ3v) is 9.80. The van der Waals surface area contributed by atoms with Gasteiger partial charge >= 0.3 is 4.87 Å². The van der Waals surface area contributed by atoms with Gasteiger partial charge in [-0.15, -0.1) is 0 Å². The zero-order valence-electron chi connectivity index (χ0n) is 21.1. The molecule has 212 valence electrons. The summed E-state index contributed by atoms with van der Waals surface area (Å²) in [6.07, 6.45) is 0. The summed E-state index contributed by atoms with van der Waals surface area (Å²) in [6.45, 7) is 1.53. The molecule has 12 nitrogen and oxygen atoms in total. The Labute approximate surface area is 245 Å². The van der Waals surface area contributed by atoms with Crippen LogP contribution in [0.25, 0.3) is 0 Å². The zero-order valence-corrected chi connectivity index (χ0v) is 23.5. The van der Waals surface area contributed by atoms with Gasteiger partial charge in [0.25, 0.3) is 11.6 Å². The van der Waals surface area contributed by atoms with Crippen molar-refractivity contribution < 1.29 is 28.8 Å². The number of carbonyl (C=O) groups excluding carboxylic acids is 3. The molecule has 1 N–H and O–H groups in total. The van der Waals surface area contributed by atoms with Gasteiger partial charge in [-0.05, 0) is 30.3 Å². The van der Waals surface area contributed by atoms with E-state index < -0.39 is 33.8 Å². The number of anilines is 1. The second-order valence-corrected chi connectivity index (χ2v) is 12.1. The van der Waals surface area contributed by atoms with E-state index >= 15 is 0 Å². The smallest absolute Gasteiger partial charge is 0.305 e. The minimum atomic E-state index is -0.933. The number of thiazole rings is 1. The number of nitrogens with one attached hydrogen (secondary N) is 1. The van der Waals surface area contributed by atoms with Gasteiger partial charge in [-0.1, -0.05) is 34.7 Å². The van der Waals surface area contributed by atoms with Crippen LogP contribution in [-0.2, 0) is 19.1 Å². The van der Waals surface area contributed by atoms with E-state index in [0.29, 0.717) is 52.5 Å². The monoisotopic (exact) mass is 616 g/mol. The number of nitrogens with zero attached hydrogens (tertiary/aromatic N) is 3. The van der Waals surface area contributed by atoms with Gasteiger partial charge in [-0.3, -0.25) is 29.3 Å². The Morgan fingerprint density at radius 3 is 2.56 bits per heavy atom. The molecule has 3 aromatic rings. The fraction of sp³-hybridized carbons (Fsp3) is 0.308. The van der Waals surface area contributed by atoms with Crippen molar-refractivity contribution in [1.82, 2.24) is 9.88 Å². The lowest BCUT2D eigenvalue weighted by Crippen LogP contribution is -2.43.